The second-order valence-electron chi connectivity index (χ2n) is 5.27. The number of benzene rings is 2. The molecule has 0 unspecified atom stereocenters. The lowest BCUT2D eigenvalue weighted by atomic mass is 10.2. The van der Waals surface area contributed by atoms with Gasteiger partial charge in [-0.15, -0.1) is 0 Å². The molecule has 0 radical (unpaired) electrons. The topological polar surface area (TPSA) is 51.2 Å². The third-order valence-corrected chi connectivity index (χ3v) is 3.36. The van der Waals surface area contributed by atoms with Crippen LogP contribution in [0.5, 0.6) is 11.6 Å². The molecular weight excluding hydrogens is 338 g/mol. The second-order valence-corrected chi connectivity index (χ2v) is 5.27. The zero-order valence-corrected chi connectivity index (χ0v) is 13.5. The van der Waals surface area contributed by atoms with E-state index in [0.717, 1.165) is 17.7 Å². The quantitative estimate of drug-likeness (QED) is 0.671. The Hall–Kier alpha value is -3.54. The number of ether oxygens (including phenoxy) is 1. The van der Waals surface area contributed by atoms with Crippen molar-refractivity contribution >= 4 is 17.7 Å². The van der Waals surface area contributed by atoms with Crippen LogP contribution in [0, 0.1) is 11.6 Å². The van der Waals surface area contributed by atoms with Gasteiger partial charge in [-0.05, 0) is 35.9 Å². The van der Waals surface area contributed by atoms with E-state index in [2.05, 4.69) is 10.3 Å². The Morgan fingerprint density at radius 1 is 1.04 bits per heavy atom. The largest absolute Gasteiger partial charge is 0.434 e. The molecule has 2 aromatic carbocycles. The van der Waals surface area contributed by atoms with Gasteiger partial charge in [0, 0.05) is 18.3 Å². The summed E-state index contributed by atoms with van der Waals surface area (Å²) in [5.41, 5.74) is 1.14. The average molecular weight is 352 g/mol. The highest BCUT2D eigenvalue weighted by atomic mass is 19.1. The first kappa shape index (κ1) is 17.3. The van der Waals surface area contributed by atoms with E-state index in [1.807, 2.05) is 30.3 Å². The van der Waals surface area contributed by atoms with Crippen molar-refractivity contribution in [1.29, 1.82) is 0 Å². The van der Waals surface area contributed by atoms with Crippen molar-refractivity contribution in [2.24, 2.45) is 0 Å². The number of pyridine rings is 1. The van der Waals surface area contributed by atoms with E-state index >= 15 is 0 Å². The van der Waals surface area contributed by atoms with E-state index in [-0.39, 0.29) is 17.3 Å². The van der Waals surface area contributed by atoms with Crippen LogP contribution in [-0.2, 0) is 4.79 Å². The molecule has 1 amide bonds. The van der Waals surface area contributed by atoms with Gasteiger partial charge in [0.05, 0.1) is 0 Å². The Labute approximate surface area is 148 Å². The van der Waals surface area contributed by atoms with Gasteiger partial charge in [0.15, 0.2) is 11.6 Å². The van der Waals surface area contributed by atoms with E-state index in [4.69, 9.17) is 4.74 Å². The lowest BCUT2D eigenvalue weighted by molar-refractivity contribution is -0.111. The van der Waals surface area contributed by atoms with E-state index in [0.29, 0.717) is 6.07 Å². The fraction of sp³-hybridized carbons (Fsp3) is 0. The van der Waals surface area contributed by atoms with Crippen LogP contribution in [0.2, 0.25) is 0 Å². The van der Waals surface area contributed by atoms with Crippen molar-refractivity contribution in [3.63, 3.8) is 0 Å². The Bertz CT molecular complexity index is 944. The fourth-order valence-corrected chi connectivity index (χ4v) is 2.14. The molecule has 0 saturated heterocycles. The monoisotopic (exact) mass is 352 g/mol. The minimum Gasteiger partial charge on any atom is -0.434 e. The predicted octanol–water partition coefficient (Wildman–Crippen LogP) is 4.80. The maximum atomic E-state index is 13.7. The maximum absolute atomic E-state index is 13.7. The molecule has 6 heteroatoms. The number of rotatable bonds is 5. The van der Waals surface area contributed by atoms with Crippen molar-refractivity contribution < 1.29 is 18.3 Å². The minimum atomic E-state index is -0.864. The van der Waals surface area contributed by atoms with Crippen LogP contribution < -0.4 is 10.1 Å². The van der Waals surface area contributed by atoms with Crippen LogP contribution in [0.15, 0.2) is 72.9 Å². The summed E-state index contributed by atoms with van der Waals surface area (Å²) in [7, 11) is 0. The van der Waals surface area contributed by atoms with E-state index in [1.165, 1.54) is 12.3 Å². The molecule has 0 bridgehead atoms. The van der Waals surface area contributed by atoms with Crippen LogP contribution >= 0.6 is 0 Å². The molecule has 3 aromatic rings. The van der Waals surface area contributed by atoms with Crippen LogP contribution in [0.4, 0.5) is 14.5 Å². The number of anilines is 1. The fourth-order valence-electron chi connectivity index (χ4n) is 2.14. The average Bonchev–Trinajstić information content (AvgIpc) is 2.65. The number of carbonyl (C=O) groups excluding carboxylic acids is 1. The number of aromatic nitrogens is 1. The Morgan fingerprint density at radius 2 is 1.85 bits per heavy atom. The molecule has 26 heavy (non-hydrogen) atoms. The minimum absolute atomic E-state index is 0.000491. The van der Waals surface area contributed by atoms with Crippen LogP contribution in [-0.4, -0.2) is 10.9 Å². The Kier molecular flexibility index (Phi) is 5.34. The smallest absolute Gasteiger partial charge is 0.248 e. The third kappa shape index (κ3) is 4.51. The lowest BCUT2D eigenvalue weighted by Gasteiger charge is -2.10. The molecule has 0 fully saturated rings. The van der Waals surface area contributed by atoms with Gasteiger partial charge in [0.1, 0.15) is 11.5 Å². The molecule has 0 atom stereocenters. The number of hydrogen-bond donors (Lipinski definition) is 1. The van der Waals surface area contributed by atoms with Crippen molar-refractivity contribution in [3.05, 3.63) is 90.1 Å². The summed E-state index contributed by atoms with van der Waals surface area (Å²) < 4.78 is 32.1. The predicted molar refractivity (Wildman–Crippen MR) is 94.8 cm³/mol. The van der Waals surface area contributed by atoms with Gasteiger partial charge in [0.2, 0.25) is 11.8 Å². The molecule has 1 heterocycles. The van der Waals surface area contributed by atoms with Gasteiger partial charge >= 0.3 is 0 Å². The van der Waals surface area contributed by atoms with Crippen LogP contribution in [0.3, 0.4) is 0 Å². The van der Waals surface area contributed by atoms with Crippen molar-refractivity contribution in [1.82, 2.24) is 4.98 Å². The molecule has 130 valence electrons. The van der Waals surface area contributed by atoms with Crippen molar-refractivity contribution in [2.45, 2.75) is 0 Å². The molecule has 0 spiro atoms. The zero-order valence-electron chi connectivity index (χ0n) is 13.5. The van der Waals surface area contributed by atoms with E-state index in [1.54, 1.807) is 18.2 Å². The highest BCUT2D eigenvalue weighted by Crippen LogP contribution is 2.29. The summed E-state index contributed by atoms with van der Waals surface area (Å²) in [5, 5.41) is 2.62. The molecule has 3 rings (SSSR count). The number of hydrogen-bond acceptors (Lipinski definition) is 3. The van der Waals surface area contributed by atoms with Gasteiger partial charge in [-0.2, -0.15) is 0 Å². The number of nitrogens with zero attached hydrogens (tertiary/aromatic N) is 1. The molecule has 0 aliphatic rings. The number of nitrogens with one attached hydrogen (secondary N) is 1. The highest BCUT2D eigenvalue weighted by molar-refractivity contribution is 6.02. The summed E-state index contributed by atoms with van der Waals surface area (Å²) in [6.45, 7) is 0. The maximum Gasteiger partial charge on any atom is 0.248 e. The summed E-state index contributed by atoms with van der Waals surface area (Å²) in [4.78, 5) is 16.1. The van der Waals surface area contributed by atoms with E-state index in [9.17, 15) is 13.6 Å². The molecular formula is C20H14F2N2O2. The van der Waals surface area contributed by atoms with Crippen LogP contribution in [0.1, 0.15) is 5.56 Å². The molecule has 0 aliphatic carbocycles. The summed E-state index contributed by atoms with van der Waals surface area (Å²) in [6, 6.07) is 15.4. The third-order valence-electron chi connectivity index (χ3n) is 3.36. The molecule has 1 aromatic heterocycles. The summed E-state index contributed by atoms with van der Waals surface area (Å²) in [5.74, 6) is -2.17. The first-order valence-electron chi connectivity index (χ1n) is 7.74. The van der Waals surface area contributed by atoms with Crippen LogP contribution in [0.25, 0.3) is 6.08 Å². The standard InChI is InChI=1S/C20H14F2N2O2/c21-15-9-10-18(16(22)13-15)26-20-17(7-4-12-23-20)24-19(25)11-8-14-5-2-1-3-6-14/h1-13H,(H,24,25)/b11-8+. The highest BCUT2D eigenvalue weighted by Gasteiger charge is 2.11. The van der Waals surface area contributed by atoms with Gasteiger partial charge < -0.3 is 10.1 Å². The molecule has 4 nitrogen and oxygen atoms in total. The lowest BCUT2D eigenvalue weighted by Crippen LogP contribution is -2.09. The Morgan fingerprint density at radius 3 is 2.62 bits per heavy atom. The van der Waals surface area contributed by atoms with Crippen molar-refractivity contribution in [3.8, 4) is 11.6 Å². The van der Waals surface area contributed by atoms with Gasteiger partial charge in [-0.25, -0.2) is 13.8 Å². The molecule has 1 N–H and O–H groups in total. The molecule has 0 aliphatic heterocycles. The first-order valence-corrected chi connectivity index (χ1v) is 7.74. The normalized spacial score (nSPS) is 10.7. The number of carbonyl (C=O) groups is 1. The second kappa shape index (κ2) is 8.02. The van der Waals surface area contributed by atoms with Gasteiger partial charge in [-0.3, -0.25) is 4.79 Å². The first-order chi connectivity index (χ1) is 12.6. The van der Waals surface area contributed by atoms with Crippen molar-refractivity contribution in [2.75, 3.05) is 5.32 Å². The Balaban J connectivity index is 1.74. The zero-order chi connectivity index (χ0) is 18.4. The number of amides is 1. The van der Waals surface area contributed by atoms with Gasteiger partial charge in [0.25, 0.3) is 0 Å². The van der Waals surface area contributed by atoms with Gasteiger partial charge in [-0.1, -0.05) is 30.3 Å². The number of halogens is 2. The summed E-state index contributed by atoms with van der Waals surface area (Å²) in [6.07, 6.45) is 4.46. The summed E-state index contributed by atoms with van der Waals surface area (Å²) >= 11 is 0. The SMILES string of the molecule is O=C(/C=C/c1ccccc1)Nc1cccnc1Oc1ccc(F)cc1F. The van der Waals surface area contributed by atoms with E-state index < -0.39 is 17.5 Å². The molecule has 0 saturated carbocycles.